The van der Waals surface area contributed by atoms with Crippen LogP contribution < -0.4 is 0 Å². The van der Waals surface area contributed by atoms with Crippen LogP contribution in [0.4, 0.5) is 0 Å². The number of nitrogens with zero attached hydrogens (tertiary/aromatic N) is 3. The minimum atomic E-state index is 0.604. The van der Waals surface area contributed by atoms with Gasteiger partial charge in [-0.15, -0.1) is 0 Å². The summed E-state index contributed by atoms with van der Waals surface area (Å²) in [7, 11) is 0. The molecule has 0 atom stereocenters. The van der Waals surface area contributed by atoms with Crippen molar-refractivity contribution in [3.8, 4) is 56.4 Å². The molecular formula is C53H31N3O2. The topological polar surface area (TPSA) is 65.0 Å². The van der Waals surface area contributed by atoms with Gasteiger partial charge < -0.3 is 8.83 Å². The van der Waals surface area contributed by atoms with Crippen LogP contribution in [0.3, 0.4) is 0 Å². The van der Waals surface area contributed by atoms with Crippen LogP contribution in [0.25, 0.3) is 122 Å². The second-order valence-corrected chi connectivity index (χ2v) is 14.7. The molecule has 3 aromatic heterocycles. The summed E-state index contributed by atoms with van der Waals surface area (Å²) in [4.78, 5) is 15.7. The molecule has 0 N–H and O–H groups in total. The summed E-state index contributed by atoms with van der Waals surface area (Å²) in [5, 5.41) is 8.79. The summed E-state index contributed by atoms with van der Waals surface area (Å²) < 4.78 is 12.5. The highest BCUT2D eigenvalue weighted by Gasteiger charge is 2.19. The molecular weight excluding hydrogens is 711 g/mol. The Morgan fingerprint density at radius 1 is 0.276 bits per heavy atom. The maximum absolute atomic E-state index is 6.30. The number of rotatable bonds is 5. The Morgan fingerprint density at radius 2 is 0.810 bits per heavy atom. The number of hydrogen-bond donors (Lipinski definition) is 0. The average molecular weight is 742 g/mol. The first kappa shape index (κ1) is 32.4. The van der Waals surface area contributed by atoms with E-state index in [4.69, 9.17) is 23.8 Å². The van der Waals surface area contributed by atoms with Gasteiger partial charge in [0.05, 0.1) is 0 Å². The van der Waals surface area contributed by atoms with Crippen molar-refractivity contribution in [1.29, 1.82) is 0 Å². The highest BCUT2D eigenvalue weighted by Crippen LogP contribution is 2.42. The van der Waals surface area contributed by atoms with Crippen LogP contribution in [-0.2, 0) is 0 Å². The van der Waals surface area contributed by atoms with Crippen LogP contribution in [-0.4, -0.2) is 15.0 Å². The number of furan rings is 2. The Morgan fingerprint density at radius 3 is 1.60 bits per heavy atom. The molecule has 0 aliphatic rings. The molecule has 3 heterocycles. The lowest BCUT2D eigenvalue weighted by molar-refractivity contribution is 0.668. The number of benzene rings is 9. The van der Waals surface area contributed by atoms with E-state index in [1.807, 2.05) is 36.4 Å². The summed E-state index contributed by atoms with van der Waals surface area (Å²) in [6.45, 7) is 0. The molecule has 5 heteroatoms. The zero-order chi connectivity index (χ0) is 38.2. The normalized spacial score (nSPS) is 11.8. The SMILES string of the molecule is c1ccc(-c2cccc(-c3nc(-c4ccc5c(ccc6oc7ccccc7c65)c4)nc(-c4cccc5c(-c6cccc7oc8ccccc8c67)cccc45)n3)c2)cc1. The Kier molecular flexibility index (Phi) is 7.16. The van der Waals surface area contributed by atoms with E-state index in [9.17, 15) is 0 Å². The van der Waals surface area contributed by atoms with Gasteiger partial charge >= 0.3 is 0 Å². The zero-order valence-corrected chi connectivity index (χ0v) is 31.1. The first-order chi connectivity index (χ1) is 28.7. The molecule has 0 fully saturated rings. The van der Waals surface area contributed by atoms with E-state index in [-0.39, 0.29) is 0 Å². The average Bonchev–Trinajstić information content (AvgIpc) is 3.88. The van der Waals surface area contributed by atoms with E-state index in [0.717, 1.165) is 104 Å². The fourth-order valence-electron chi connectivity index (χ4n) is 8.65. The van der Waals surface area contributed by atoms with Crippen molar-refractivity contribution in [2.45, 2.75) is 0 Å². The van der Waals surface area contributed by atoms with E-state index < -0.39 is 0 Å². The predicted octanol–water partition coefficient (Wildman–Crippen LogP) is 14.3. The fourth-order valence-corrected chi connectivity index (χ4v) is 8.65. The molecule has 9 aromatic carbocycles. The van der Waals surface area contributed by atoms with Gasteiger partial charge in [-0.05, 0) is 80.2 Å². The lowest BCUT2D eigenvalue weighted by Gasteiger charge is -2.13. The van der Waals surface area contributed by atoms with Crippen LogP contribution in [0.1, 0.15) is 0 Å². The van der Waals surface area contributed by atoms with Gasteiger partial charge in [-0.1, -0.05) is 152 Å². The third-order valence-electron chi connectivity index (χ3n) is 11.3. The monoisotopic (exact) mass is 741 g/mol. The highest BCUT2D eigenvalue weighted by atomic mass is 16.3. The summed E-state index contributed by atoms with van der Waals surface area (Å²) in [6, 6.07) is 65.1. The van der Waals surface area contributed by atoms with Gasteiger partial charge in [0.25, 0.3) is 0 Å². The fraction of sp³-hybridized carbons (Fsp3) is 0. The molecule has 0 bridgehead atoms. The van der Waals surface area contributed by atoms with Crippen molar-refractivity contribution in [2.75, 3.05) is 0 Å². The third-order valence-corrected chi connectivity index (χ3v) is 11.3. The molecule has 270 valence electrons. The Hall–Kier alpha value is -7.89. The Bertz CT molecular complexity index is 3580. The second-order valence-electron chi connectivity index (χ2n) is 14.7. The van der Waals surface area contributed by atoms with Crippen LogP contribution in [0.15, 0.2) is 197 Å². The molecule has 5 nitrogen and oxygen atoms in total. The summed E-state index contributed by atoms with van der Waals surface area (Å²) in [6.07, 6.45) is 0. The predicted molar refractivity (Wildman–Crippen MR) is 237 cm³/mol. The smallest absolute Gasteiger partial charge is 0.164 e. The summed E-state index contributed by atoms with van der Waals surface area (Å²) >= 11 is 0. The van der Waals surface area contributed by atoms with Crippen LogP contribution >= 0.6 is 0 Å². The largest absolute Gasteiger partial charge is 0.456 e. The summed E-state index contributed by atoms with van der Waals surface area (Å²) in [5.74, 6) is 1.82. The molecule has 0 aliphatic carbocycles. The maximum atomic E-state index is 6.30. The molecule has 0 spiro atoms. The van der Waals surface area contributed by atoms with E-state index in [2.05, 4.69) is 152 Å². The molecule has 0 saturated heterocycles. The number of para-hydroxylation sites is 2. The first-order valence-electron chi connectivity index (χ1n) is 19.4. The van der Waals surface area contributed by atoms with Crippen molar-refractivity contribution in [3.63, 3.8) is 0 Å². The third kappa shape index (κ3) is 5.14. The van der Waals surface area contributed by atoms with Gasteiger partial charge in [0, 0.05) is 38.2 Å². The number of hydrogen-bond acceptors (Lipinski definition) is 5. The number of fused-ring (bicyclic) bond motifs is 9. The van der Waals surface area contributed by atoms with E-state index >= 15 is 0 Å². The molecule has 58 heavy (non-hydrogen) atoms. The van der Waals surface area contributed by atoms with Crippen molar-refractivity contribution in [1.82, 2.24) is 15.0 Å². The first-order valence-corrected chi connectivity index (χ1v) is 19.4. The lowest BCUT2D eigenvalue weighted by atomic mass is 9.93. The van der Waals surface area contributed by atoms with E-state index in [1.165, 1.54) is 0 Å². The van der Waals surface area contributed by atoms with E-state index in [0.29, 0.717) is 17.5 Å². The van der Waals surface area contributed by atoms with Crippen molar-refractivity contribution < 1.29 is 8.83 Å². The lowest BCUT2D eigenvalue weighted by Crippen LogP contribution is -2.01. The van der Waals surface area contributed by atoms with Gasteiger partial charge in [-0.2, -0.15) is 0 Å². The van der Waals surface area contributed by atoms with Crippen LogP contribution in [0.2, 0.25) is 0 Å². The zero-order valence-electron chi connectivity index (χ0n) is 31.1. The van der Waals surface area contributed by atoms with Crippen molar-refractivity contribution in [3.05, 3.63) is 188 Å². The Labute approximate surface area is 332 Å². The van der Waals surface area contributed by atoms with Gasteiger partial charge in [0.15, 0.2) is 17.5 Å². The molecule has 12 aromatic rings. The molecule has 12 rings (SSSR count). The standard InChI is InChI=1S/C53H31N3O2/c1-2-12-32(13-3-1)33-14-8-15-35(30-33)51-54-52(36-26-28-37-34(31-36)27-29-48-49(37)43-16-4-6-23-45(43)58-48)56-53(55-51)42-22-10-18-38-39(19-9-20-40(38)42)41-21-11-25-47-50(41)44-17-5-7-24-46(44)57-47/h1-31H. The van der Waals surface area contributed by atoms with Gasteiger partial charge in [-0.3, -0.25) is 0 Å². The van der Waals surface area contributed by atoms with Gasteiger partial charge in [0.2, 0.25) is 0 Å². The molecule has 0 amide bonds. The van der Waals surface area contributed by atoms with Gasteiger partial charge in [0.1, 0.15) is 22.3 Å². The number of aromatic nitrogens is 3. The molecule has 0 saturated carbocycles. The van der Waals surface area contributed by atoms with Crippen LogP contribution in [0.5, 0.6) is 0 Å². The Balaban J connectivity index is 1.07. The van der Waals surface area contributed by atoms with Crippen molar-refractivity contribution >= 4 is 65.4 Å². The quantitative estimate of drug-likeness (QED) is 0.176. The minimum Gasteiger partial charge on any atom is -0.456 e. The molecule has 0 radical (unpaired) electrons. The van der Waals surface area contributed by atoms with Crippen molar-refractivity contribution in [2.24, 2.45) is 0 Å². The van der Waals surface area contributed by atoms with Crippen LogP contribution in [0, 0.1) is 0 Å². The molecule has 0 aliphatic heterocycles. The maximum Gasteiger partial charge on any atom is 0.164 e. The minimum absolute atomic E-state index is 0.604. The molecule has 0 unspecified atom stereocenters. The summed E-state index contributed by atoms with van der Waals surface area (Å²) in [5.41, 5.74) is 10.7. The highest BCUT2D eigenvalue weighted by molar-refractivity contribution is 6.19. The second kappa shape index (κ2) is 12.8. The van der Waals surface area contributed by atoms with Gasteiger partial charge in [-0.25, -0.2) is 15.0 Å². The van der Waals surface area contributed by atoms with E-state index in [1.54, 1.807) is 0 Å².